The highest BCUT2D eigenvalue weighted by Gasteiger charge is 2.20. The maximum Gasteiger partial charge on any atom is 0.341 e. The van der Waals surface area contributed by atoms with Gasteiger partial charge >= 0.3 is 11.9 Å². The van der Waals surface area contributed by atoms with Crippen molar-refractivity contribution in [3.63, 3.8) is 0 Å². The summed E-state index contributed by atoms with van der Waals surface area (Å²) in [6.45, 7) is 1.65. The van der Waals surface area contributed by atoms with Gasteiger partial charge in [0, 0.05) is 24.5 Å². The van der Waals surface area contributed by atoms with Crippen molar-refractivity contribution in [3.8, 4) is 28.7 Å². The average molecular weight is 509 g/mol. The summed E-state index contributed by atoms with van der Waals surface area (Å²) in [7, 11) is 1.50. The van der Waals surface area contributed by atoms with Gasteiger partial charge < -0.3 is 29.2 Å². The normalized spacial score (nSPS) is 12.4. The number of unbranched alkanes of at least 4 members (excludes halogenated alkanes) is 1. The smallest absolute Gasteiger partial charge is 0.341 e. The van der Waals surface area contributed by atoms with E-state index >= 15 is 0 Å². The van der Waals surface area contributed by atoms with Gasteiger partial charge in [0.2, 0.25) is 6.79 Å². The van der Waals surface area contributed by atoms with Crippen molar-refractivity contribution in [3.05, 3.63) is 65.2 Å². The fraction of sp³-hybridized carbons (Fsp3) is 0.296. The molecule has 0 spiro atoms. The maximum absolute atomic E-state index is 12.2. The molecule has 0 saturated heterocycles. The van der Waals surface area contributed by atoms with Crippen LogP contribution in [0, 0.1) is 0 Å². The fourth-order valence-electron chi connectivity index (χ4n) is 4.00. The third kappa shape index (κ3) is 6.03. The van der Waals surface area contributed by atoms with Crippen LogP contribution in [0.25, 0.3) is 11.8 Å². The number of carboxylic acids is 2. The highest BCUT2D eigenvalue weighted by Crippen LogP contribution is 2.34. The van der Waals surface area contributed by atoms with E-state index in [1.54, 1.807) is 53.2 Å². The van der Waals surface area contributed by atoms with Gasteiger partial charge in [0.15, 0.2) is 18.1 Å². The second kappa shape index (κ2) is 11.5. The number of methoxy groups -OCH3 is 1. The Kier molecular flexibility index (Phi) is 7.97. The molecule has 0 saturated carbocycles. The number of aromatic nitrogens is 2. The molecule has 2 N–H and O–H groups in total. The van der Waals surface area contributed by atoms with Gasteiger partial charge in [-0.1, -0.05) is 19.4 Å². The summed E-state index contributed by atoms with van der Waals surface area (Å²) in [4.78, 5) is 28.0. The average Bonchev–Trinajstić information content (AvgIpc) is 3.52. The molecule has 0 unspecified atom stereocenters. The van der Waals surface area contributed by atoms with E-state index in [1.165, 1.54) is 7.11 Å². The topological polar surface area (TPSA) is 129 Å². The van der Waals surface area contributed by atoms with Crippen LogP contribution in [0.3, 0.4) is 0 Å². The number of rotatable bonds is 12. The first-order valence-corrected chi connectivity index (χ1v) is 11.8. The quantitative estimate of drug-likeness (QED) is 0.347. The summed E-state index contributed by atoms with van der Waals surface area (Å²) < 4.78 is 23.4. The van der Waals surface area contributed by atoms with Crippen molar-refractivity contribution in [1.82, 2.24) is 9.55 Å². The molecule has 0 radical (unpaired) electrons. The third-order valence-electron chi connectivity index (χ3n) is 5.80. The van der Waals surface area contributed by atoms with Crippen molar-refractivity contribution in [1.29, 1.82) is 0 Å². The predicted molar refractivity (Wildman–Crippen MR) is 134 cm³/mol. The summed E-state index contributed by atoms with van der Waals surface area (Å²) in [6.07, 6.45) is 5.77. The molecule has 0 amide bonds. The van der Waals surface area contributed by atoms with E-state index in [0.717, 1.165) is 18.4 Å². The van der Waals surface area contributed by atoms with Gasteiger partial charge in [-0.05, 0) is 42.3 Å². The lowest BCUT2D eigenvalue weighted by Gasteiger charge is -2.16. The number of carboxylic acid groups (broad SMARTS) is 2. The van der Waals surface area contributed by atoms with Crippen LogP contribution < -0.4 is 18.9 Å². The minimum Gasteiger partial charge on any atom is -0.497 e. The number of aryl methyl sites for hydroxylation is 1. The van der Waals surface area contributed by atoms with Crippen LogP contribution in [0.2, 0.25) is 0 Å². The first-order chi connectivity index (χ1) is 17.9. The summed E-state index contributed by atoms with van der Waals surface area (Å²) in [5, 5.41) is 19.2. The molecule has 194 valence electrons. The SMILES string of the molecule is CCCCc1ncc(/C=C(\Cc2ccc3c(c2)OCO3)C(=O)O)n1-c1ccc(OC)cc1OCC(=O)O. The van der Waals surface area contributed by atoms with E-state index in [0.29, 0.717) is 40.9 Å². The number of carbonyl (C=O) groups is 2. The van der Waals surface area contributed by atoms with Gasteiger partial charge in [0.1, 0.15) is 17.3 Å². The minimum absolute atomic E-state index is 0.133. The second-order valence-electron chi connectivity index (χ2n) is 8.39. The Morgan fingerprint density at radius 3 is 2.68 bits per heavy atom. The van der Waals surface area contributed by atoms with Gasteiger partial charge in [0.05, 0.1) is 24.7 Å². The van der Waals surface area contributed by atoms with Crippen molar-refractivity contribution in [2.45, 2.75) is 32.6 Å². The van der Waals surface area contributed by atoms with Crippen LogP contribution in [0.5, 0.6) is 23.0 Å². The van der Waals surface area contributed by atoms with Gasteiger partial charge in [0.25, 0.3) is 0 Å². The molecule has 2 aromatic carbocycles. The number of hydrogen-bond acceptors (Lipinski definition) is 7. The molecule has 10 heteroatoms. The molecule has 0 fully saturated rings. The van der Waals surface area contributed by atoms with E-state index < -0.39 is 18.5 Å². The van der Waals surface area contributed by atoms with Crippen molar-refractivity contribution >= 4 is 18.0 Å². The van der Waals surface area contributed by atoms with Crippen LogP contribution in [-0.2, 0) is 22.4 Å². The number of ether oxygens (including phenoxy) is 4. The van der Waals surface area contributed by atoms with E-state index in [-0.39, 0.29) is 24.5 Å². The first-order valence-electron chi connectivity index (χ1n) is 11.8. The zero-order chi connectivity index (χ0) is 26.4. The molecule has 0 bridgehead atoms. The van der Waals surface area contributed by atoms with Gasteiger partial charge in [-0.3, -0.25) is 4.57 Å². The summed E-state index contributed by atoms with van der Waals surface area (Å²) in [5.74, 6) is 0.473. The van der Waals surface area contributed by atoms with Crippen LogP contribution >= 0.6 is 0 Å². The Morgan fingerprint density at radius 2 is 1.95 bits per heavy atom. The Bertz CT molecular complexity index is 1330. The van der Waals surface area contributed by atoms with Crippen LogP contribution in [-0.4, -0.2) is 52.2 Å². The van der Waals surface area contributed by atoms with E-state index in [1.807, 2.05) is 0 Å². The van der Waals surface area contributed by atoms with Crippen molar-refractivity contribution in [2.75, 3.05) is 20.5 Å². The molecule has 2 heterocycles. The van der Waals surface area contributed by atoms with Crippen LogP contribution in [0.15, 0.2) is 48.2 Å². The lowest BCUT2D eigenvalue weighted by atomic mass is 10.0. The van der Waals surface area contributed by atoms with Crippen LogP contribution in [0.4, 0.5) is 0 Å². The Balaban J connectivity index is 1.78. The standard InChI is InChI=1S/C27H28N2O8/c1-3-4-5-25-28-14-19(29(25)21-8-7-20(34-2)13-23(21)35-15-26(30)31)12-18(27(32)33)10-17-6-9-22-24(11-17)37-16-36-22/h6-9,11-14H,3-5,10,15-16H2,1-2H3,(H,30,31)(H,32,33)/b18-12+. The summed E-state index contributed by atoms with van der Waals surface area (Å²) in [6, 6.07) is 10.4. The molecule has 37 heavy (non-hydrogen) atoms. The molecule has 3 aromatic rings. The third-order valence-corrected chi connectivity index (χ3v) is 5.80. The number of fused-ring (bicyclic) bond motifs is 1. The van der Waals surface area contributed by atoms with E-state index in [9.17, 15) is 14.7 Å². The van der Waals surface area contributed by atoms with Gasteiger partial charge in [-0.25, -0.2) is 14.6 Å². The summed E-state index contributed by atoms with van der Waals surface area (Å²) >= 11 is 0. The minimum atomic E-state index is -1.12. The number of benzene rings is 2. The Labute approximate surface area is 213 Å². The Hall–Kier alpha value is -4.47. The van der Waals surface area contributed by atoms with Crippen molar-refractivity contribution in [2.24, 2.45) is 0 Å². The number of hydrogen-bond donors (Lipinski definition) is 2. The van der Waals surface area contributed by atoms with Gasteiger partial charge in [-0.2, -0.15) is 0 Å². The molecule has 0 aliphatic carbocycles. The molecule has 1 aromatic heterocycles. The molecular formula is C27H28N2O8. The highest BCUT2D eigenvalue weighted by atomic mass is 16.7. The molecule has 4 rings (SSSR count). The van der Waals surface area contributed by atoms with Crippen LogP contribution in [0.1, 0.15) is 36.8 Å². The Morgan fingerprint density at radius 1 is 1.14 bits per heavy atom. The number of imidazole rings is 1. The molecular weight excluding hydrogens is 480 g/mol. The first kappa shape index (κ1) is 25.6. The predicted octanol–water partition coefficient (Wildman–Crippen LogP) is 4.13. The molecule has 0 atom stereocenters. The monoisotopic (exact) mass is 508 g/mol. The van der Waals surface area contributed by atoms with E-state index in [4.69, 9.17) is 24.1 Å². The van der Waals surface area contributed by atoms with Crippen molar-refractivity contribution < 1.29 is 38.7 Å². The fourth-order valence-corrected chi connectivity index (χ4v) is 4.00. The zero-order valence-corrected chi connectivity index (χ0v) is 20.6. The molecule has 10 nitrogen and oxygen atoms in total. The largest absolute Gasteiger partial charge is 0.497 e. The highest BCUT2D eigenvalue weighted by molar-refractivity contribution is 5.92. The molecule has 1 aliphatic heterocycles. The number of aliphatic carboxylic acids is 2. The maximum atomic E-state index is 12.2. The molecule has 1 aliphatic rings. The lowest BCUT2D eigenvalue weighted by molar-refractivity contribution is -0.139. The zero-order valence-electron chi connectivity index (χ0n) is 20.6. The van der Waals surface area contributed by atoms with E-state index in [2.05, 4.69) is 11.9 Å². The lowest BCUT2D eigenvalue weighted by Crippen LogP contribution is -2.13. The second-order valence-corrected chi connectivity index (χ2v) is 8.39. The number of nitrogens with zero attached hydrogens (tertiary/aromatic N) is 2. The summed E-state index contributed by atoms with van der Waals surface area (Å²) in [5.41, 5.74) is 1.95. The van der Waals surface area contributed by atoms with Gasteiger partial charge in [-0.15, -0.1) is 0 Å².